The van der Waals surface area contributed by atoms with Crippen LogP contribution in [0.3, 0.4) is 0 Å². The molecule has 0 N–H and O–H groups in total. The summed E-state index contributed by atoms with van der Waals surface area (Å²) in [5.41, 5.74) is 2.65. The number of likely N-dealkylation sites (N-methyl/N-ethyl adjacent to an activating group) is 1. The first-order valence-electron chi connectivity index (χ1n) is 9.68. The minimum atomic E-state index is -0.604. The number of nitrogens with zero attached hydrogens (tertiary/aromatic N) is 1. The SMILES string of the molecule is CN(C)C(C1=[C]CC=C1P(c1ccccc1)c1ccccc1)c1ccccc1. The molecule has 1 aliphatic rings. The first-order valence-corrected chi connectivity index (χ1v) is 11.0. The van der Waals surface area contributed by atoms with Gasteiger partial charge in [-0.25, -0.2) is 0 Å². The van der Waals surface area contributed by atoms with E-state index in [0.717, 1.165) is 6.42 Å². The summed E-state index contributed by atoms with van der Waals surface area (Å²) >= 11 is 0. The van der Waals surface area contributed by atoms with E-state index in [-0.39, 0.29) is 6.04 Å². The van der Waals surface area contributed by atoms with Crippen LogP contribution in [0, 0.1) is 6.08 Å². The van der Waals surface area contributed by atoms with Crippen molar-refractivity contribution >= 4 is 18.5 Å². The van der Waals surface area contributed by atoms with Gasteiger partial charge in [0.15, 0.2) is 0 Å². The van der Waals surface area contributed by atoms with Gasteiger partial charge in [0.25, 0.3) is 0 Å². The molecule has 139 valence electrons. The second-order valence-electron chi connectivity index (χ2n) is 7.17. The van der Waals surface area contributed by atoms with Crippen molar-refractivity contribution < 1.29 is 0 Å². The van der Waals surface area contributed by atoms with Gasteiger partial charge in [0.2, 0.25) is 0 Å². The van der Waals surface area contributed by atoms with E-state index in [1.165, 1.54) is 27.1 Å². The van der Waals surface area contributed by atoms with Crippen LogP contribution in [0.4, 0.5) is 0 Å². The predicted octanol–water partition coefficient (Wildman–Crippen LogP) is 5.44. The highest BCUT2D eigenvalue weighted by atomic mass is 31.1. The Bertz CT molecular complexity index is 920. The maximum Gasteiger partial charge on any atom is 0.0606 e. The van der Waals surface area contributed by atoms with Gasteiger partial charge >= 0.3 is 0 Å². The van der Waals surface area contributed by atoms with Gasteiger partial charge in [-0.2, -0.15) is 0 Å². The zero-order valence-electron chi connectivity index (χ0n) is 16.4. The molecule has 1 atom stereocenters. The fourth-order valence-electron chi connectivity index (χ4n) is 3.85. The van der Waals surface area contributed by atoms with E-state index < -0.39 is 7.92 Å². The molecule has 0 heterocycles. The number of allylic oxidation sites excluding steroid dienone is 2. The molecule has 0 saturated carbocycles. The summed E-state index contributed by atoms with van der Waals surface area (Å²) in [4.78, 5) is 2.31. The second-order valence-corrected chi connectivity index (χ2v) is 9.35. The monoisotopic (exact) mass is 382 g/mol. The maximum atomic E-state index is 3.71. The molecule has 0 aromatic heterocycles. The fourth-order valence-corrected chi connectivity index (χ4v) is 6.36. The van der Waals surface area contributed by atoms with Crippen molar-refractivity contribution in [2.45, 2.75) is 12.5 Å². The quantitative estimate of drug-likeness (QED) is 0.513. The number of hydrogen-bond donors (Lipinski definition) is 0. The van der Waals surface area contributed by atoms with Crippen LogP contribution >= 0.6 is 7.92 Å². The average Bonchev–Trinajstić information content (AvgIpc) is 3.19. The van der Waals surface area contributed by atoms with Crippen LogP contribution in [-0.2, 0) is 0 Å². The molecule has 1 radical (unpaired) electrons. The lowest BCUT2D eigenvalue weighted by Crippen LogP contribution is -2.24. The second kappa shape index (κ2) is 8.69. The lowest BCUT2D eigenvalue weighted by Gasteiger charge is -2.31. The largest absolute Gasteiger partial charge is 0.299 e. The molecule has 0 saturated heterocycles. The molecule has 1 aliphatic carbocycles. The molecular formula is C26H25NP. The van der Waals surface area contributed by atoms with Crippen LogP contribution in [0.2, 0.25) is 0 Å². The van der Waals surface area contributed by atoms with Gasteiger partial charge in [0.1, 0.15) is 0 Å². The molecule has 28 heavy (non-hydrogen) atoms. The van der Waals surface area contributed by atoms with Crippen molar-refractivity contribution in [3.8, 4) is 0 Å². The molecule has 0 aliphatic heterocycles. The number of rotatable bonds is 6. The van der Waals surface area contributed by atoms with Gasteiger partial charge in [-0.3, -0.25) is 4.90 Å². The molecule has 1 nitrogen and oxygen atoms in total. The summed E-state index contributed by atoms with van der Waals surface area (Å²) in [6, 6.07) is 32.9. The summed E-state index contributed by atoms with van der Waals surface area (Å²) in [6.45, 7) is 0. The van der Waals surface area contributed by atoms with Crippen molar-refractivity contribution in [2.24, 2.45) is 0 Å². The van der Waals surface area contributed by atoms with E-state index in [9.17, 15) is 0 Å². The van der Waals surface area contributed by atoms with E-state index in [1.54, 1.807) is 0 Å². The Kier molecular flexibility index (Phi) is 5.86. The Morgan fingerprint density at radius 1 is 0.750 bits per heavy atom. The average molecular weight is 382 g/mol. The smallest absolute Gasteiger partial charge is 0.0606 e. The minimum absolute atomic E-state index is 0.215. The molecule has 2 heteroatoms. The van der Waals surface area contributed by atoms with E-state index >= 15 is 0 Å². The Morgan fingerprint density at radius 3 is 1.75 bits per heavy atom. The van der Waals surface area contributed by atoms with Gasteiger partial charge in [-0.05, 0) is 61.6 Å². The lowest BCUT2D eigenvalue weighted by molar-refractivity contribution is 0.340. The van der Waals surface area contributed by atoms with Gasteiger partial charge in [0.05, 0.1) is 6.04 Å². The summed E-state index contributed by atoms with van der Waals surface area (Å²) in [6.07, 6.45) is 6.98. The highest BCUT2D eigenvalue weighted by Gasteiger charge is 2.30. The van der Waals surface area contributed by atoms with Crippen LogP contribution in [-0.4, -0.2) is 19.0 Å². The highest BCUT2D eigenvalue weighted by Crippen LogP contribution is 2.52. The first kappa shape index (κ1) is 18.9. The van der Waals surface area contributed by atoms with Gasteiger partial charge in [-0.1, -0.05) is 97.1 Å². The third-order valence-corrected chi connectivity index (χ3v) is 7.57. The van der Waals surface area contributed by atoms with Crippen molar-refractivity contribution in [2.75, 3.05) is 14.1 Å². The molecular weight excluding hydrogens is 357 g/mol. The molecule has 4 rings (SSSR count). The number of hydrogen-bond acceptors (Lipinski definition) is 1. The predicted molar refractivity (Wildman–Crippen MR) is 121 cm³/mol. The zero-order chi connectivity index (χ0) is 19.3. The Balaban J connectivity index is 1.80. The molecule has 0 spiro atoms. The topological polar surface area (TPSA) is 3.24 Å². The van der Waals surface area contributed by atoms with Crippen molar-refractivity contribution in [3.05, 3.63) is 120 Å². The minimum Gasteiger partial charge on any atom is -0.299 e. The van der Waals surface area contributed by atoms with Crippen LogP contribution in [0.5, 0.6) is 0 Å². The van der Waals surface area contributed by atoms with Crippen molar-refractivity contribution in [3.63, 3.8) is 0 Å². The molecule has 3 aromatic carbocycles. The molecule has 1 unspecified atom stereocenters. The van der Waals surface area contributed by atoms with Crippen LogP contribution < -0.4 is 10.6 Å². The van der Waals surface area contributed by atoms with Gasteiger partial charge < -0.3 is 0 Å². The van der Waals surface area contributed by atoms with E-state index in [2.05, 4.69) is 122 Å². The normalized spacial score (nSPS) is 14.9. The molecule has 0 amide bonds. The maximum absolute atomic E-state index is 3.71. The molecule has 0 fully saturated rings. The van der Waals surface area contributed by atoms with Gasteiger partial charge in [-0.15, -0.1) is 0 Å². The Morgan fingerprint density at radius 2 is 1.25 bits per heavy atom. The van der Waals surface area contributed by atoms with Crippen molar-refractivity contribution in [1.82, 2.24) is 4.90 Å². The molecule has 3 aromatic rings. The van der Waals surface area contributed by atoms with E-state index in [1.807, 2.05) is 0 Å². The van der Waals surface area contributed by atoms with Crippen molar-refractivity contribution in [1.29, 1.82) is 0 Å². The lowest BCUT2D eigenvalue weighted by atomic mass is 9.98. The van der Waals surface area contributed by atoms with Gasteiger partial charge in [0, 0.05) is 0 Å². The highest BCUT2D eigenvalue weighted by molar-refractivity contribution is 7.77. The third kappa shape index (κ3) is 3.87. The summed E-state index contributed by atoms with van der Waals surface area (Å²) < 4.78 is 0. The Hall–Kier alpha value is -2.47. The Labute approximate surface area is 169 Å². The summed E-state index contributed by atoms with van der Waals surface area (Å²) in [7, 11) is 3.72. The van der Waals surface area contributed by atoms with Crippen LogP contribution in [0.25, 0.3) is 0 Å². The molecule has 0 bridgehead atoms. The third-order valence-electron chi connectivity index (χ3n) is 5.04. The van der Waals surface area contributed by atoms with E-state index in [4.69, 9.17) is 0 Å². The van der Waals surface area contributed by atoms with Crippen LogP contribution in [0.1, 0.15) is 18.0 Å². The first-order chi connectivity index (χ1) is 13.8. The fraction of sp³-hybridized carbons (Fsp3) is 0.154. The standard InChI is InChI=1S/C26H25NP/c1-27(2)26(21-13-6-3-7-14-21)24-19-12-20-25(24)28(22-15-8-4-9-16-22)23-17-10-5-11-18-23/h3-11,13-18,20,26H,12H2,1-2H3. The zero-order valence-corrected chi connectivity index (χ0v) is 17.3. The summed E-state index contributed by atoms with van der Waals surface area (Å²) in [5.74, 6) is 0. The number of benzene rings is 3. The van der Waals surface area contributed by atoms with Crippen LogP contribution in [0.15, 0.2) is 108 Å². The summed E-state index contributed by atoms with van der Waals surface area (Å²) in [5, 5.41) is 4.22. The van der Waals surface area contributed by atoms with E-state index in [0.29, 0.717) is 0 Å².